The van der Waals surface area contributed by atoms with Gasteiger partial charge in [-0.25, -0.2) is 0 Å². The Bertz CT molecular complexity index is 538. The smallest absolute Gasteiger partial charge is 0.244 e. The van der Waals surface area contributed by atoms with Crippen molar-refractivity contribution in [1.82, 2.24) is 15.5 Å². The van der Waals surface area contributed by atoms with Crippen LogP contribution in [0.4, 0.5) is 0 Å². The summed E-state index contributed by atoms with van der Waals surface area (Å²) >= 11 is 6.12. The van der Waals surface area contributed by atoms with Crippen LogP contribution in [-0.4, -0.2) is 16.7 Å². The van der Waals surface area contributed by atoms with Gasteiger partial charge in [0.15, 0.2) is 0 Å². The lowest BCUT2D eigenvalue weighted by atomic mass is 10.1. The molecule has 2 aromatic rings. The molecule has 1 aliphatic rings. The van der Waals surface area contributed by atoms with E-state index in [2.05, 4.69) is 15.5 Å². The summed E-state index contributed by atoms with van der Waals surface area (Å²) < 4.78 is 5.33. The molecule has 1 saturated heterocycles. The summed E-state index contributed by atoms with van der Waals surface area (Å²) in [5, 5.41) is 8.04. The van der Waals surface area contributed by atoms with Crippen molar-refractivity contribution in [3.63, 3.8) is 0 Å². The number of halogens is 2. The number of benzene rings is 1. The van der Waals surface area contributed by atoms with E-state index in [9.17, 15) is 0 Å². The molecule has 0 saturated carbocycles. The minimum atomic E-state index is 0. The van der Waals surface area contributed by atoms with E-state index < -0.39 is 0 Å². The largest absolute Gasteiger partial charge is 0.337 e. The highest BCUT2D eigenvalue weighted by molar-refractivity contribution is 6.33. The maximum absolute atomic E-state index is 6.12. The lowest BCUT2D eigenvalue weighted by Gasteiger charge is -2.19. The fourth-order valence-electron chi connectivity index (χ4n) is 2.19. The Morgan fingerprint density at radius 2 is 2.11 bits per heavy atom. The summed E-state index contributed by atoms with van der Waals surface area (Å²) in [5.41, 5.74) is 0.810. The first-order valence-electron chi connectivity index (χ1n) is 6.16. The van der Waals surface area contributed by atoms with Crippen LogP contribution in [0.25, 0.3) is 11.4 Å². The van der Waals surface area contributed by atoms with Gasteiger partial charge in [0, 0.05) is 5.56 Å². The van der Waals surface area contributed by atoms with Gasteiger partial charge in [0.05, 0.1) is 11.1 Å². The van der Waals surface area contributed by atoms with Crippen molar-refractivity contribution in [3.05, 3.63) is 35.2 Å². The molecule has 3 rings (SSSR count). The molecule has 1 aromatic heterocycles. The van der Waals surface area contributed by atoms with Gasteiger partial charge in [-0.3, -0.25) is 0 Å². The Morgan fingerprint density at radius 3 is 2.84 bits per heavy atom. The molecule has 0 amide bonds. The van der Waals surface area contributed by atoms with Crippen LogP contribution in [0.15, 0.2) is 28.8 Å². The first-order chi connectivity index (χ1) is 8.84. The van der Waals surface area contributed by atoms with E-state index in [1.807, 2.05) is 24.3 Å². The molecule has 6 heteroatoms. The molecule has 1 aromatic carbocycles. The predicted octanol–water partition coefficient (Wildman–Crippen LogP) is 3.63. The second-order valence-electron chi connectivity index (χ2n) is 4.44. The fourth-order valence-corrected chi connectivity index (χ4v) is 2.41. The van der Waals surface area contributed by atoms with Gasteiger partial charge in [0.2, 0.25) is 11.7 Å². The number of rotatable bonds is 2. The number of hydrogen-bond acceptors (Lipinski definition) is 4. The molecule has 0 radical (unpaired) electrons. The zero-order valence-electron chi connectivity index (χ0n) is 10.3. The van der Waals surface area contributed by atoms with Crippen molar-refractivity contribution in [1.29, 1.82) is 0 Å². The molecule has 1 fully saturated rings. The summed E-state index contributed by atoms with van der Waals surface area (Å²) in [6.07, 6.45) is 3.45. The summed E-state index contributed by atoms with van der Waals surface area (Å²) in [6, 6.07) is 7.70. The maximum Gasteiger partial charge on any atom is 0.244 e. The Hall–Kier alpha value is -1.10. The standard InChI is InChI=1S/C13H14ClN3O.ClH/c14-10-6-2-1-5-9(10)12-16-13(18-17-12)11-7-3-4-8-15-11;/h1-2,5-6,11,15H,3-4,7-8H2;1H/t11-;/m1./s1. The van der Waals surface area contributed by atoms with E-state index in [-0.39, 0.29) is 18.4 Å². The van der Waals surface area contributed by atoms with Gasteiger partial charge < -0.3 is 9.84 Å². The quantitative estimate of drug-likeness (QED) is 0.920. The maximum atomic E-state index is 6.12. The Kier molecular flexibility index (Phi) is 4.80. The second kappa shape index (κ2) is 6.37. The molecule has 19 heavy (non-hydrogen) atoms. The monoisotopic (exact) mass is 299 g/mol. The van der Waals surface area contributed by atoms with Crippen LogP contribution in [0.5, 0.6) is 0 Å². The zero-order valence-corrected chi connectivity index (χ0v) is 11.9. The van der Waals surface area contributed by atoms with E-state index in [4.69, 9.17) is 16.1 Å². The molecule has 1 aliphatic heterocycles. The van der Waals surface area contributed by atoms with E-state index in [1.165, 1.54) is 12.8 Å². The van der Waals surface area contributed by atoms with Gasteiger partial charge in [-0.1, -0.05) is 35.3 Å². The predicted molar refractivity (Wildman–Crippen MR) is 76.6 cm³/mol. The summed E-state index contributed by atoms with van der Waals surface area (Å²) in [6.45, 7) is 1.01. The normalized spacial score (nSPS) is 18.9. The minimum Gasteiger partial charge on any atom is -0.337 e. The number of hydrogen-bond donors (Lipinski definition) is 1. The van der Waals surface area contributed by atoms with Gasteiger partial charge in [0.1, 0.15) is 0 Å². The second-order valence-corrected chi connectivity index (χ2v) is 4.85. The molecule has 0 unspecified atom stereocenters. The van der Waals surface area contributed by atoms with Crippen molar-refractivity contribution in [2.75, 3.05) is 6.54 Å². The minimum absolute atomic E-state index is 0. The molecule has 0 spiro atoms. The zero-order chi connectivity index (χ0) is 12.4. The lowest BCUT2D eigenvalue weighted by molar-refractivity contribution is 0.297. The number of piperidine rings is 1. The van der Waals surface area contributed by atoms with E-state index >= 15 is 0 Å². The fraction of sp³-hybridized carbons (Fsp3) is 0.385. The highest BCUT2D eigenvalue weighted by atomic mass is 35.5. The molecule has 4 nitrogen and oxygen atoms in total. The summed E-state index contributed by atoms with van der Waals surface area (Å²) in [5.74, 6) is 1.22. The Morgan fingerprint density at radius 1 is 1.26 bits per heavy atom. The highest BCUT2D eigenvalue weighted by Crippen LogP contribution is 2.27. The molecule has 1 N–H and O–H groups in total. The van der Waals surface area contributed by atoms with Gasteiger partial charge in [-0.15, -0.1) is 12.4 Å². The van der Waals surface area contributed by atoms with Crippen LogP contribution < -0.4 is 5.32 Å². The van der Waals surface area contributed by atoms with Gasteiger partial charge in [-0.05, 0) is 31.5 Å². The van der Waals surface area contributed by atoms with Crippen LogP contribution >= 0.6 is 24.0 Å². The third-order valence-corrected chi connectivity index (χ3v) is 3.49. The molecule has 0 bridgehead atoms. The first-order valence-corrected chi connectivity index (χ1v) is 6.54. The van der Waals surface area contributed by atoms with Crippen molar-refractivity contribution in [3.8, 4) is 11.4 Å². The van der Waals surface area contributed by atoms with E-state index in [0.717, 1.165) is 18.5 Å². The Labute approximate surface area is 122 Å². The SMILES string of the molecule is Cl.Clc1ccccc1-c1noc([C@H]2CCCCN2)n1. The van der Waals surface area contributed by atoms with Crippen LogP contribution in [0.3, 0.4) is 0 Å². The van der Waals surface area contributed by atoms with Crippen LogP contribution in [0, 0.1) is 0 Å². The average molecular weight is 300 g/mol. The molecular weight excluding hydrogens is 285 g/mol. The molecule has 2 heterocycles. The Balaban J connectivity index is 0.00000133. The third kappa shape index (κ3) is 3.08. The average Bonchev–Trinajstić information content (AvgIpc) is 2.90. The lowest BCUT2D eigenvalue weighted by Crippen LogP contribution is -2.26. The number of nitrogens with zero attached hydrogens (tertiary/aromatic N) is 2. The van der Waals surface area contributed by atoms with Crippen LogP contribution in [0.2, 0.25) is 5.02 Å². The molecule has 1 atom stereocenters. The number of nitrogens with one attached hydrogen (secondary N) is 1. The van der Waals surface area contributed by atoms with E-state index in [1.54, 1.807) is 0 Å². The van der Waals surface area contributed by atoms with E-state index in [0.29, 0.717) is 16.7 Å². The molecule has 102 valence electrons. The molecule has 0 aliphatic carbocycles. The molecular formula is C13H15Cl2N3O. The van der Waals surface area contributed by atoms with Crippen molar-refractivity contribution >= 4 is 24.0 Å². The number of aromatic nitrogens is 2. The van der Waals surface area contributed by atoms with Gasteiger partial charge in [0.25, 0.3) is 0 Å². The van der Waals surface area contributed by atoms with Crippen molar-refractivity contribution in [2.24, 2.45) is 0 Å². The summed E-state index contributed by atoms with van der Waals surface area (Å²) in [4.78, 5) is 4.44. The third-order valence-electron chi connectivity index (χ3n) is 3.16. The van der Waals surface area contributed by atoms with Crippen molar-refractivity contribution in [2.45, 2.75) is 25.3 Å². The van der Waals surface area contributed by atoms with Crippen molar-refractivity contribution < 1.29 is 4.52 Å². The van der Waals surface area contributed by atoms with Crippen LogP contribution in [-0.2, 0) is 0 Å². The van der Waals surface area contributed by atoms with Crippen LogP contribution in [0.1, 0.15) is 31.2 Å². The topological polar surface area (TPSA) is 51.0 Å². The van der Waals surface area contributed by atoms with Gasteiger partial charge in [-0.2, -0.15) is 4.98 Å². The first kappa shape index (κ1) is 14.3. The highest BCUT2D eigenvalue weighted by Gasteiger charge is 2.21. The summed E-state index contributed by atoms with van der Waals surface area (Å²) in [7, 11) is 0. The van der Waals surface area contributed by atoms with Gasteiger partial charge >= 0.3 is 0 Å².